The highest BCUT2D eigenvalue weighted by atomic mass is 32.2. The number of aryl methyl sites for hydroxylation is 1. The van der Waals surface area contributed by atoms with E-state index < -0.39 is 10.0 Å². The van der Waals surface area contributed by atoms with Crippen molar-refractivity contribution in [1.82, 2.24) is 14.1 Å². The number of rotatable bonds is 7. The van der Waals surface area contributed by atoms with Crippen LogP contribution in [0.25, 0.3) is 0 Å². The van der Waals surface area contributed by atoms with E-state index in [4.69, 9.17) is 5.11 Å². The second-order valence-corrected chi connectivity index (χ2v) is 7.89. The van der Waals surface area contributed by atoms with Crippen LogP contribution < -0.4 is 0 Å². The number of aliphatic hydroxyl groups is 1. The second kappa shape index (κ2) is 6.06. The van der Waals surface area contributed by atoms with E-state index in [1.54, 1.807) is 22.8 Å². The summed E-state index contributed by atoms with van der Waals surface area (Å²) >= 11 is 0. The van der Waals surface area contributed by atoms with Gasteiger partial charge in [0.25, 0.3) is 0 Å². The number of nitrogens with zero attached hydrogens (tertiary/aromatic N) is 3. The van der Waals surface area contributed by atoms with Crippen LogP contribution in [-0.2, 0) is 16.6 Å². The lowest BCUT2D eigenvalue weighted by Crippen LogP contribution is -2.39. The van der Waals surface area contributed by atoms with Crippen LogP contribution in [0.15, 0.2) is 4.90 Å². The van der Waals surface area contributed by atoms with Gasteiger partial charge in [0.1, 0.15) is 4.90 Å². The van der Waals surface area contributed by atoms with E-state index in [0.717, 1.165) is 12.8 Å². The SMILES string of the molecule is Cc1nn(CCO)c(C)c1S(=O)(=O)N(CC1CC1)C(C)C. The molecule has 0 amide bonds. The fourth-order valence-corrected chi connectivity index (χ4v) is 4.71. The summed E-state index contributed by atoms with van der Waals surface area (Å²) in [5.74, 6) is 0.496. The third-order valence-corrected chi connectivity index (χ3v) is 6.20. The fraction of sp³-hybridized carbons (Fsp3) is 0.786. The first-order chi connectivity index (χ1) is 9.78. The van der Waals surface area contributed by atoms with E-state index in [2.05, 4.69) is 5.10 Å². The summed E-state index contributed by atoms with van der Waals surface area (Å²) in [4.78, 5) is 0.297. The number of sulfonamides is 1. The van der Waals surface area contributed by atoms with E-state index in [1.807, 2.05) is 13.8 Å². The van der Waals surface area contributed by atoms with Gasteiger partial charge >= 0.3 is 0 Å². The predicted molar refractivity (Wildman–Crippen MR) is 80.5 cm³/mol. The molecule has 1 saturated carbocycles. The van der Waals surface area contributed by atoms with Crippen molar-refractivity contribution >= 4 is 10.0 Å². The molecule has 1 aliphatic carbocycles. The van der Waals surface area contributed by atoms with Crippen LogP contribution in [0, 0.1) is 19.8 Å². The quantitative estimate of drug-likeness (QED) is 0.823. The Bertz CT molecular complexity index is 603. The van der Waals surface area contributed by atoms with E-state index in [1.165, 1.54) is 0 Å². The highest BCUT2D eigenvalue weighted by molar-refractivity contribution is 7.89. The summed E-state index contributed by atoms with van der Waals surface area (Å²) in [6.45, 7) is 8.11. The largest absolute Gasteiger partial charge is 0.394 e. The summed E-state index contributed by atoms with van der Waals surface area (Å²) in [6.07, 6.45) is 2.22. The molecule has 21 heavy (non-hydrogen) atoms. The Morgan fingerprint density at radius 2 is 2.00 bits per heavy atom. The van der Waals surface area contributed by atoms with Crippen molar-refractivity contribution in [3.8, 4) is 0 Å². The van der Waals surface area contributed by atoms with Gasteiger partial charge in [-0.05, 0) is 46.5 Å². The predicted octanol–water partition coefficient (Wildman–Crippen LogP) is 1.30. The van der Waals surface area contributed by atoms with Crippen molar-refractivity contribution in [2.24, 2.45) is 5.92 Å². The molecule has 0 radical (unpaired) electrons. The zero-order valence-electron chi connectivity index (χ0n) is 13.2. The lowest BCUT2D eigenvalue weighted by molar-refractivity contribution is 0.267. The van der Waals surface area contributed by atoms with Gasteiger partial charge in [0.15, 0.2) is 0 Å². The molecule has 0 unspecified atom stereocenters. The van der Waals surface area contributed by atoms with E-state index in [-0.39, 0.29) is 12.6 Å². The van der Waals surface area contributed by atoms with Crippen LogP contribution in [0.4, 0.5) is 0 Å². The minimum atomic E-state index is -3.55. The molecule has 6 nitrogen and oxygen atoms in total. The number of aromatic nitrogens is 2. The first kappa shape index (κ1) is 16.5. The van der Waals surface area contributed by atoms with Crippen LogP contribution >= 0.6 is 0 Å². The molecule has 1 aliphatic rings. The van der Waals surface area contributed by atoms with E-state index >= 15 is 0 Å². The molecule has 0 aromatic carbocycles. The Morgan fingerprint density at radius 1 is 1.38 bits per heavy atom. The lowest BCUT2D eigenvalue weighted by Gasteiger charge is -2.26. The molecule has 120 valence electrons. The topological polar surface area (TPSA) is 75.4 Å². The van der Waals surface area contributed by atoms with Gasteiger partial charge in [-0.15, -0.1) is 0 Å². The molecule has 1 aromatic heterocycles. The van der Waals surface area contributed by atoms with Crippen molar-refractivity contribution < 1.29 is 13.5 Å². The molecule has 1 heterocycles. The van der Waals surface area contributed by atoms with Crippen LogP contribution in [0.2, 0.25) is 0 Å². The molecule has 0 atom stereocenters. The molecule has 0 aliphatic heterocycles. The van der Waals surface area contributed by atoms with E-state index in [0.29, 0.717) is 35.3 Å². The molecule has 1 aromatic rings. The smallest absolute Gasteiger partial charge is 0.246 e. The Labute approximate surface area is 126 Å². The van der Waals surface area contributed by atoms with Crippen molar-refractivity contribution in [1.29, 1.82) is 0 Å². The zero-order valence-corrected chi connectivity index (χ0v) is 14.0. The molecule has 0 bridgehead atoms. The Hall–Kier alpha value is -0.920. The summed E-state index contributed by atoms with van der Waals surface area (Å²) < 4.78 is 29.2. The average molecular weight is 315 g/mol. The minimum absolute atomic E-state index is 0.0581. The van der Waals surface area contributed by atoms with Crippen molar-refractivity contribution in [3.05, 3.63) is 11.4 Å². The standard InChI is InChI=1S/C14H25N3O3S/c1-10(2)17(9-13-5-6-13)21(19,20)14-11(3)15-16(7-8-18)12(14)4/h10,13,18H,5-9H2,1-4H3. The fourth-order valence-electron chi connectivity index (χ4n) is 2.62. The molecule has 1 fully saturated rings. The minimum Gasteiger partial charge on any atom is -0.394 e. The number of hydrogen-bond donors (Lipinski definition) is 1. The van der Waals surface area contributed by atoms with Gasteiger partial charge in [0.05, 0.1) is 24.5 Å². The second-order valence-electron chi connectivity index (χ2n) is 6.06. The molecule has 7 heteroatoms. The van der Waals surface area contributed by atoms with Gasteiger partial charge in [-0.1, -0.05) is 0 Å². The van der Waals surface area contributed by atoms with Gasteiger partial charge in [-0.25, -0.2) is 8.42 Å². The average Bonchev–Trinajstić information content (AvgIpc) is 3.13. The first-order valence-electron chi connectivity index (χ1n) is 7.45. The van der Waals surface area contributed by atoms with Gasteiger partial charge in [-0.2, -0.15) is 9.40 Å². The third-order valence-electron chi connectivity index (χ3n) is 3.90. The van der Waals surface area contributed by atoms with Gasteiger partial charge < -0.3 is 5.11 Å². The Kier molecular flexibility index (Phi) is 4.75. The first-order valence-corrected chi connectivity index (χ1v) is 8.89. The lowest BCUT2D eigenvalue weighted by atomic mass is 10.3. The summed E-state index contributed by atoms with van der Waals surface area (Å²) in [5.41, 5.74) is 1.10. The maximum Gasteiger partial charge on any atom is 0.246 e. The van der Waals surface area contributed by atoms with Crippen molar-refractivity contribution in [2.75, 3.05) is 13.2 Å². The number of aliphatic hydroxyl groups excluding tert-OH is 1. The van der Waals surface area contributed by atoms with Crippen LogP contribution in [0.1, 0.15) is 38.1 Å². The molecular formula is C14H25N3O3S. The van der Waals surface area contributed by atoms with Gasteiger partial charge in [-0.3, -0.25) is 4.68 Å². The monoisotopic (exact) mass is 315 g/mol. The molecule has 0 spiro atoms. The van der Waals surface area contributed by atoms with Crippen LogP contribution in [-0.4, -0.2) is 46.8 Å². The molecule has 0 saturated heterocycles. The molecule has 1 N–H and O–H groups in total. The van der Waals surface area contributed by atoms with Gasteiger partial charge in [0, 0.05) is 12.6 Å². The highest BCUT2D eigenvalue weighted by Crippen LogP contribution is 2.33. The summed E-state index contributed by atoms with van der Waals surface area (Å²) in [6, 6.07) is -0.0735. The molecular weight excluding hydrogens is 290 g/mol. The molecule has 2 rings (SSSR count). The number of hydrogen-bond acceptors (Lipinski definition) is 4. The Balaban J connectivity index is 2.41. The van der Waals surface area contributed by atoms with E-state index in [9.17, 15) is 8.42 Å². The van der Waals surface area contributed by atoms with Crippen LogP contribution in [0.3, 0.4) is 0 Å². The Morgan fingerprint density at radius 3 is 2.48 bits per heavy atom. The maximum absolute atomic E-state index is 13.0. The highest BCUT2D eigenvalue weighted by Gasteiger charge is 2.36. The maximum atomic E-state index is 13.0. The summed E-state index contributed by atoms with van der Waals surface area (Å²) in [7, 11) is -3.55. The normalized spacial score (nSPS) is 16.1. The van der Waals surface area contributed by atoms with Crippen molar-refractivity contribution in [3.63, 3.8) is 0 Å². The third kappa shape index (κ3) is 3.30. The van der Waals surface area contributed by atoms with Crippen LogP contribution in [0.5, 0.6) is 0 Å². The van der Waals surface area contributed by atoms with Gasteiger partial charge in [0.2, 0.25) is 10.0 Å². The summed E-state index contributed by atoms with van der Waals surface area (Å²) in [5, 5.41) is 13.3. The van der Waals surface area contributed by atoms with Crippen molar-refractivity contribution in [2.45, 2.75) is 58.0 Å². The zero-order chi connectivity index (χ0) is 15.8.